The molecule has 0 heterocycles. The standard InChI is InChI=1S/C16H17BrN2O/c1-3-11-8-12(17)4-7-16(11)19-13-5-6-14(10(2)20)15(18)9-13/h4-9,19H,3,18H2,1-2H3. The van der Waals surface area contributed by atoms with Crippen LogP contribution in [0.1, 0.15) is 29.8 Å². The second kappa shape index (κ2) is 6.09. The first kappa shape index (κ1) is 14.6. The highest BCUT2D eigenvalue weighted by atomic mass is 79.9. The average molecular weight is 333 g/mol. The van der Waals surface area contributed by atoms with Crippen LogP contribution in [0.4, 0.5) is 17.1 Å². The molecule has 0 unspecified atom stereocenters. The Bertz CT molecular complexity index is 653. The summed E-state index contributed by atoms with van der Waals surface area (Å²) < 4.78 is 1.06. The number of nitrogen functional groups attached to an aromatic ring is 1. The molecule has 3 N–H and O–H groups in total. The molecule has 104 valence electrons. The molecular formula is C16H17BrN2O. The second-order valence-electron chi connectivity index (χ2n) is 4.64. The van der Waals surface area contributed by atoms with E-state index in [0.29, 0.717) is 11.3 Å². The Balaban J connectivity index is 2.31. The molecule has 0 aromatic heterocycles. The van der Waals surface area contributed by atoms with Crippen LogP contribution in [0, 0.1) is 0 Å². The monoisotopic (exact) mass is 332 g/mol. The van der Waals surface area contributed by atoms with E-state index in [9.17, 15) is 4.79 Å². The van der Waals surface area contributed by atoms with Crippen molar-refractivity contribution in [2.75, 3.05) is 11.1 Å². The van der Waals surface area contributed by atoms with Gasteiger partial charge in [0.25, 0.3) is 0 Å². The van der Waals surface area contributed by atoms with Gasteiger partial charge in [-0.25, -0.2) is 0 Å². The number of ketones is 1. The highest BCUT2D eigenvalue weighted by Crippen LogP contribution is 2.27. The Hall–Kier alpha value is -1.81. The smallest absolute Gasteiger partial charge is 0.161 e. The van der Waals surface area contributed by atoms with Crippen molar-refractivity contribution < 1.29 is 4.79 Å². The number of halogens is 1. The van der Waals surface area contributed by atoms with Gasteiger partial charge in [0.15, 0.2) is 5.78 Å². The van der Waals surface area contributed by atoms with E-state index < -0.39 is 0 Å². The van der Waals surface area contributed by atoms with E-state index in [2.05, 4.69) is 34.2 Å². The summed E-state index contributed by atoms with van der Waals surface area (Å²) in [6.07, 6.45) is 0.933. The zero-order valence-corrected chi connectivity index (χ0v) is 13.1. The predicted molar refractivity (Wildman–Crippen MR) is 87.7 cm³/mol. The van der Waals surface area contributed by atoms with Gasteiger partial charge in [-0.3, -0.25) is 4.79 Å². The van der Waals surface area contributed by atoms with Crippen molar-refractivity contribution in [1.82, 2.24) is 0 Å². The molecule has 4 heteroatoms. The van der Waals surface area contributed by atoms with Gasteiger partial charge in [-0.15, -0.1) is 0 Å². The Morgan fingerprint density at radius 3 is 2.60 bits per heavy atom. The second-order valence-corrected chi connectivity index (χ2v) is 5.55. The maximum Gasteiger partial charge on any atom is 0.161 e. The van der Waals surface area contributed by atoms with Crippen LogP contribution >= 0.6 is 15.9 Å². The van der Waals surface area contributed by atoms with E-state index in [1.54, 1.807) is 12.1 Å². The average Bonchev–Trinajstić information content (AvgIpc) is 2.40. The fraction of sp³-hybridized carbons (Fsp3) is 0.188. The van der Waals surface area contributed by atoms with Crippen molar-refractivity contribution in [3.63, 3.8) is 0 Å². The summed E-state index contributed by atoms with van der Waals surface area (Å²) in [4.78, 5) is 11.4. The third kappa shape index (κ3) is 3.20. The van der Waals surface area contributed by atoms with E-state index in [4.69, 9.17) is 5.73 Å². The lowest BCUT2D eigenvalue weighted by Crippen LogP contribution is -2.01. The minimum absolute atomic E-state index is 0.0214. The molecule has 0 bridgehead atoms. The van der Waals surface area contributed by atoms with Gasteiger partial charge in [-0.05, 0) is 55.3 Å². The molecule has 2 aromatic carbocycles. The number of hydrogen-bond acceptors (Lipinski definition) is 3. The number of nitrogens with one attached hydrogen (secondary N) is 1. The zero-order valence-electron chi connectivity index (χ0n) is 11.5. The summed E-state index contributed by atoms with van der Waals surface area (Å²) >= 11 is 3.47. The molecule has 3 nitrogen and oxygen atoms in total. The van der Waals surface area contributed by atoms with Gasteiger partial charge < -0.3 is 11.1 Å². The third-order valence-electron chi connectivity index (χ3n) is 3.16. The normalized spacial score (nSPS) is 10.3. The molecule has 0 atom stereocenters. The third-order valence-corrected chi connectivity index (χ3v) is 3.65. The Kier molecular flexibility index (Phi) is 4.45. The maximum absolute atomic E-state index is 11.4. The van der Waals surface area contributed by atoms with Crippen molar-refractivity contribution in [2.45, 2.75) is 20.3 Å². The number of anilines is 3. The van der Waals surface area contributed by atoms with Crippen molar-refractivity contribution in [3.05, 3.63) is 52.0 Å². The first-order chi connectivity index (χ1) is 9.51. The number of aryl methyl sites for hydroxylation is 1. The number of benzene rings is 2. The van der Waals surface area contributed by atoms with Crippen LogP contribution in [-0.4, -0.2) is 5.78 Å². The van der Waals surface area contributed by atoms with Crippen molar-refractivity contribution in [1.29, 1.82) is 0 Å². The zero-order chi connectivity index (χ0) is 14.7. The summed E-state index contributed by atoms with van der Waals surface area (Å²) in [6, 6.07) is 11.5. The summed E-state index contributed by atoms with van der Waals surface area (Å²) in [5, 5.41) is 3.35. The first-order valence-electron chi connectivity index (χ1n) is 6.47. The van der Waals surface area contributed by atoms with Gasteiger partial charge in [0.1, 0.15) is 0 Å². The Labute approximate surface area is 127 Å². The number of rotatable bonds is 4. The molecule has 0 spiro atoms. The van der Waals surface area contributed by atoms with Crippen LogP contribution in [0.3, 0.4) is 0 Å². The van der Waals surface area contributed by atoms with Crippen molar-refractivity contribution in [3.8, 4) is 0 Å². The minimum atomic E-state index is -0.0214. The molecule has 2 aromatic rings. The SMILES string of the molecule is CCc1cc(Br)ccc1Nc1ccc(C(C)=O)c(N)c1. The number of Topliss-reactive ketones (excluding diaryl/α,β-unsaturated/α-hetero) is 1. The molecule has 0 saturated heterocycles. The number of nitrogens with two attached hydrogens (primary N) is 1. The molecule has 2 rings (SSSR count). The maximum atomic E-state index is 11.4. The van der Waals surface area contributed by atoms with Crippen LogP contribution in [0.5, 0.6) is 0 Å². The fourth-order valence-electron chi connectivity index (χ4n) is 2.09. The van der Waals surface area contributed by atoms with Gasteiger partial charge in [0, 0.05) is 27.1 Å². The molecule has 0 amide bonds. The van der Waals surface area contributed by atoms with Gasteiger partial charge >= 0.3 is 0 Å². The van der Waals surface area contributed by atoms with E-state index in [1.807, 2.05) is 18.2 Å². The van der Waals surface area contributed by atoms with E-state index >= 15 is 0 Å². The molecule has 20 heavy (non-hydrogen) atoms. The van der Waals surface area contributed by atoms with Crippen LogP contribution in [0.15, 0.2) is 40.9 Å². The van der Waals surface area contributed by atoms with Crippen LogP contribution < -0.4 is 11.1 Å². The summed E-state index contributed by atoms with van der Waals surface area (Å²) in [6.45, 7) is 3.63. The van der Waals surface area contributed by atoms with Gasteiger partial charge in [-0.1, -0.05) is 22.9 Å². The number of hydrogen-bond donors (Lipinski definition) is 2. The summed E-state index contributed by atoms with van der Waals surface area (Å²) in [5.41, 5.74) is 10.1. The first-order valence-corrected chi connectivity index (χ1v) is 7.26. The molecule has 0 aliphatic heterocycles. The van der Waals surface area contributed by atoms with E-state index in [-0.39, 0.29) is 5.78 Å². The van der Waals surface area contributed by atoms with Crippen molar-refractivity contribution >= 4 is 38.8 Å². The molecular weight excluding hydrogens is 316 g/mol. The van der Waals surface area contributed by atoms with Crippen LogP contribution in [0.2, 0.25) is 0 Å². The lowest BCUT2D eigenvalue weighted by atomic mass is 10.1. The lowest BCUT2D eigenvalue weighted by Gasteiger charge is -2.13. The molecule has 0 saturated carbocycles. The molecule has 0 aliphatic rings. The topological polar surface area (TPSA) is 55.1 Å². The highest BCUT2D eigenvalue weighted by molar-refractivity contribution is 9.10. The molecule has 0 radical (unpaired) electrons. The Morgan fingerprint density at radius 2 is 2.00 bits per heavy atom. The van der Waals surface area contributed by atoms with Crippen LogP contribution in [-0.2, 0) is 6.42 Å². The quantitative estimate of drug-likeness (QED) is 0.638. The van der Waals surface area contributed by atoms with Crippen LogP contribution in [0.25, 0.3) is 0 Å². The largest absolute Gasteiger partial charge is 0.398 e. The van der Waals surface area contributed by atoms with Gasteiger partial charge in [0.05, 0.1) is 0 Å². The number of carbonyl (C=O) groups is 1. The van der Waals surface area contributed by atoms with Gasteiger partial charge in [-0.2, -0.15) is 0 Å². The molecule has 0 aliphatic carbocycles. The summed E-state index contributed by atoms with van der Waals surface area (Å²) in [5.74, 6) is -0.0214. The number of carbonyl (C=O) groups excluding carboxylic acids is 1. The predicted octanol–water partition coefficient (Wildman–Crippen LogP) is 4.54. The Morgan fingerprint density at radius 1 is 1.25 bits per heavy atom. The summed E-state index contributed by atoms with van der Waals surface area (Å²) in [7, 11) is 0. The van der Waals surface area contributed by atoms with E-state index in [1.165, 1.54) is 12.5 Å². The lowest BCUT2D eigenvalue weighted by molar-refractivity contribution is 0.101. The highest BCUT2D eigenvalue weighted by Gasteiger charge is 2.07. The molecule has 0 fully saturated rings. The fourth-order valence-corrected chi connectivity index (χ4v) is 2.50. The minimum Gasteiger partial charge on any atom is -0.398 e. The van der Waals surface area contributed by atoms with Crippen molar-refractivity contribution in [2.24, 2.45) is 0 Å². The van der Waals surface area contributed by atoms with Gasteiger partial charge in [0.2, 0.25) is 0 Å². The van der Waals surface area contributed by atoms with E-state index in [0.717, 1.165) is 22.3 Å².